The number of rotatable bonds is 10. The van der Waals surface area contributed by atoms with Crippen molar-refractivity contribution in [1.29, 1.82) is 0 Å². The zero-order valence-electron chi connectivity index (χ0n) is 21.9. The van der Waals surface area contributed by atoms with E-state index in [1.807, 2.05) is 17.7 Å². The smallest absolute Gasteiger partial charge is 0.319 e. The molecule has 0 unspecified atom stereocenters. The van der Waals surface area contributed by atoms with Crippen LogP contribution in [0.25, 0.3) is 20.9 Å². The van der Waals surface area contributed by atoms with Gasteiger partial charge in [-0.3, -0.25) is 9.78 Å². The predicted octanol–water partition coefficient (Wildman–Crippen LogP) is 4.91. The van der Waals surface area contributed by atoms with E-state index < -0.39 is 5.82 Å². The van der Waals surface area contributed by atoms with Gasteiger partial charge in [0.2, 0.25) is 5.91 Å². The molecule has 0 radical (unpaired) electrons. The highest BCUT2D eigenvalue weighted by molar-refractivity contribution is 7.22. The van der Waals surface area contributed by atoms with Gasteiger partial charge in [-0.05, 0) is 31.0 Å². The molecule has 1 aromatic carbocycles. The fraction of sp³-hybridized carbons (Fsp3) is 0.333. The number of hydrogen-bond acceptors (Lipinski definition) is 7. The van der Waals surface area contributed by atoms with Crippen LogP contribution >= 0.6 is 11.3 Å². The maximum absolute atomic E-state index is 14.9. The average Bonchev–Trinajstić information content (AvgIpc) is 3.48. The van der Waals surface area contributed by atoms with Crippen LogP contribution < -0.4 is 15.4 Å². The van der Waals surface area contributed by atoms with E-state index in [1.165, 1.54) is 30.4 Å². The van der Waals surface area contributed by atoms with Gasteiger partial charge in [-0.15, -0.1) is 11.3 Å². The van der Waals surface area contributed by atoms with Crippen LogP contribution in [0.15, 0.2) is 42.7 Å². The Labute approximate surface area is 228 Å². The molecule has 2 N–H and O–H groups in total. The van der Waals surface area contributed by atoms with E-state index in [0.717, 1.165) is 33.9 Å². The third kappa shape index (κ3) is 6.18. The van der Waals surface area contributed by atoms with E-state index in [4.69, 9.17) is 9.47 Å². The Hall–Kier alpha value is -4.03. The second kappa shape index (κ2) is 11.4. The topological polar surface area (TPSA) is 111 Å². The number of pyridine rings is 1. The van der Waals surface area contributed by atoms with E-state index in [-0.39, 0.29) is 23.7 Å². The minimum Gasteiger partial charge on any atom is -0.453 e. The van der Waals surface area contributed by atoms with Crippen LogP contribution in [0.1, 0.15) is 25.5 Å². The van der Waals surface area contributed by atoms with Gasteiger partial charge in [0.15, 0.2) is 11.6 Å². The molecule has 3 amide bonds. The Bertz CT molecular complexity index is 1520. The van der Waals surface area contributed by atoms with Crippen LogP contribution in [-0.4, -0.2) is 57.7 Å². The Kier molecular flexibility index (Phi) is 7.75. The van der Waals surface area contributed by atoms with Crippen molar-refractivity contribution in [2.45, 2.75) is 32.4 Å². The first-order valence-corrected chi connectivity index (χ1v) is 13.3. The molecule has 1 saturated carbocycles. The van der Waals surface area contributed by atoms with Gasteiger partial charge in [-0.1, -0.05) is 0 Å². The van der Waals surface area contributed by atoms with Crippen LogP contribution in [0.2, 0.25) is 0 Å². The molecule has 12 heteroatoms. The van der Waals surface area contributed by atoms with E-state index in [9.17, 15) is 14.0 Å². The summed E-state index contributed by atoms with van der Waals surface area (Å²) in [6.45, 7) is 2.88. The molecular formula is C27H29FN6O4S. The zero-order chi connectivity index (χ0) is 27.5. The van der Waals surface area contributed by atoms with Gasteiger partial charge in [0.25, 0.3) is 0 Å². The summed E-state index contributed by atoms with van der Waals surface area (Å²) in [4.78, 5) is 35.6. The van der Waals surface area contributed by atoms with Crippen LogP contribution in [0, 0.1) is 5.82 Å². The first kappa shape index (κ1) is 26.6. The molecule has 10 nitrogen and oxygen atoms in total. The average molecular weight is 553 g/mol. The van der Waals surface area contributed by atoms with E-state index in [1.54, 1.807) is 36.5 Å². The van der Waals surface area contributed by atoms with Crippen LogP contribution in [0.4, 0.5) is 14.9 Å². The summed E-state index contributed by atoms with van der Waals surface area (Å²) < 4.78 is 28.6. The number of nitrogens with one attached hydrogen (secondary N) is 2. The molecule has 0 aliphatic heterocycles. The number of halogens is 1. The van der Waals surface area contributed by atoms with Crippen molar-refractivity contribution in [3.63, 3.8) is 0 Å². The summed E-state index contributed by atoms with van der Waals surface area (Å²) in [5.74, 6) is 0.572. The van der Waals surface area contributed by atoms with Gasteiger partial charge in [-0.2, -0.15) is 0 Å². The van der Waals surface area contributed by atoms with Crippen molar-refractivity contribution in [2.24, 2.45) is 7.05 Å². The molecule has 4 aromatic rings. The minimum atomic E-state index is -0.599. The molecule has 0 saturated heterocycles. The van der Waals surface area contributed by atoms with Gasteiger partial charge >= 0.3 is 6.03 Å². The maximum atomic E-state index is 14.9. The summed E-state index contributed by atoms with van der Waals surface area (Å²) in [6.07, 6.45) is 5.29. The molecule has 0 atom stereocenters. The Balaban J connectivity index is 1.34. The van der Waals surface area contributed by atoms with E-state index in [2.05, 4.69) is 20.6 Å². The van der Waals surface area contributed by atoms with Gasteiger partial charge < -0.3 is 29.6 Å². The van der Waals surface area contributed by atoms with Crippen molar-refractivity contribution < 1.29 is 23.5 Å². The molecular weight excluding hydrogens is 523 g/mol. The lowest BCUT2D eigenvalue weighted by molar-refractivity contribution is -0.130. The number of amides is 3. The summed E-state index contributed by atoms with van der Waals surface area (Å²) in [7, 11) is 3.50. The number of benzene rings is 1. The third-order valence-electron chi connectivity index (χ3n) is 6.37. The summed E-state index contributed by atoms with van der Waals surface area (Å²) in [5, 5.41) is 5.44. The first-order valence-electron chi connectivity index (χ1n) is 12.5. The first-order chi connectivity index (χ1) is 18.8. The number of anilines is 1. The Morgan fingerprint density at radius 3 is 2.74 bits per heavy atom. The largest absolute Gasteiger partial charge is 0.453 e. The monoisotopic (exact) mass is 552 g/mol. The summed E-state index contributed by atoms with van der Waals surface area (Å²) in [5.41, 5.74) is 1.91. The maximum Gasteiger partial charge on any atom is 0.319 e. The SMILES string of the molecule is COCCN(Cc1cnc(-c2cc3nccc(Oc4ccc(NC(=O)NC5CC5)cc4F)c3s2)n1C)C(C)=O. The number of urea groups is 1. The molecule has 3 heterocycles. The van der Waals surface area contributed by atoms with Crippen molar-refractivity contribution in [1.82, 2.24) is 24.8 Å². The molecule has 0 bridgehead atoms. The Morgan fingerprint density at radius 1 is 1.21 bits per heavy atom. The van der Waals surface area contributed by atoms with Gasteiger partial charge in [0.05, 0.1) is 40.1 Å². The predicted molar refractivity (Wildman–Crippen MR) is 146 cm³/mol. The molecule has 1 aliphatic rings. The second-order valence-corrected chi connectivity index (χ2v) is 10.4. The number of nitrogens with zero attached hydrogens (tertiary/aromatic N) is 4. The van der Waals surface area contributed by atoms with E-state index >= 15 is 0 Å². The number of fused-ring (bicyclic) bond motifs is 1. The highest BCUT2D eigenvalue weighted by Crippen LogP contribution is 2.39. The van der Waals surface area contributed by atoms with Crippen molar-refractivity contribution in [3.05, 3.63) is 54.2 Å². The fourth-order valence-corrected chi connectivity index (χ4v) is 5.13. The van der Waals surface area contributed by atoms with Crippen LogP contribution in [0.5, 0.6) is 11.5 Å². The molecule has 5 rings (SSSR count). The fourth-order valence-electron chi connectivity index (χ4n) is 4.03. The highest BCUT2D eigenvalue weighted by Gasteiger charge is 2.23. The number of imidazole rings is 1. The van der Waals surface area contributed by atoms with E-state index in [0.29, 0.717) is 36.6 Å². The van der Waals surface area contributed by atoms with Gasteiger partial charge in [0, 0.05) is 57.7 Å². The molecule has 1 fully saturated rings. The molecule has 204 valence electrons. The number of carbonyl (C=O) groups excluding carboxylic acids is 2. The number of carbonyl (C=O) groups is 2. The number of thiophene rings is 1. The molecule has 39 heavy (non-hydrogen) atoms. The lowest BCUT2D eigenvalue weighted by atomic mass is 10.3. The third-order valence-corrected chi connectivity index (χ3v) is 7.50. The lowest BCUT2D eigenvalue weighted by Crippen LogP contribution is -2.32. The Morgan fingerprint density at radius 2 is 2.03 bits per heavy atom. The van der Waals surface area contributed by atoms with Crippen molar-refractivity contribution in [3.8, 4) is 22.2 Å². The lowest BCUT2D eigenvalue weighted by Gasteiger charge is -2.20. The van der Waals surface area contributed by atoms with Crippen LogP contribution in [0.3, 0.4) is 0 Å². The summed E-state index contributed by atoms with van der Waals surface area (Å²) >= 11 is 1.43. The van der Waals surface area contributed by atoms with Gasteiger partial charge in [0.1, 0.15) is 11.6 Å². The number of aromatic nitrogens is 3. The van der Waals surface area contributed by atoms with Gasteiger partial charge in [-0.25, -0.2) is 14.2 Å². The summed E-state index contributed by atoms with van der Waals surface area (Å²) in [6, 6.07) is 7.75. The normalized spacial score (nSPS) is 12.9. The molecule has 0 spiro atoms. The molecule has 3 aromatic heterocycles. The van der Waals surface area contributed by atoms with Crippen LogP contribution in [-0.2, 0) is 23.1 Å². The zero-order valence-corrected chi connectivity index (χ0v) is 22.7. The van der Waals surface area contributed by atoms with Crippen molar-refractivity contribution >= 4 is 39.2 Å². The second-order valence-electron chi connectivity index (χ2n) is 9.32. The standard InChI is InChI=1S/C27H29FN6O4S/c1-16(35)34(10-11-37-3)15-19-14-30-26(33(19)2)24-13-21-25(39-24)23(8-9-29-21)38-22-7-6-18(12-20(22)28)32-27(36)31-17-4-5-17/h6-9,12-14,17H,4-5,10-11,15H2,1-3H3,(H2,31,32,36). The number of hydrogen-bond donors (Lipinski definition) is 2. The van der Waals surface area contributed by atoms with Crippen molar-refractivity contribution in [2.75, 3.05) is 25.6 Å². The highest BCUT2D eigenvalue weighted by atomic mass is 32.1. The molecule has 1 aliphatic carbocycles. The quantitative estimate of drug-likeness (QED) is 0.289. The minimum absolute atomic E-state index is 0.0327. The number of ether oxygens (including phenoxy) is 2. The number of methoxy groups -OCH3 is 1.